The lowest BCUT2D eigenvalue weighted by Crippen LogP contribution is -2.40. The number of para-hydroxylation sites is 2. The number of hydrogen-bond donors (Lipinski definition) is 1. The van der Waals surface area contributed by atoms with E-state index in [2.05, 4.69) is 72.3 Å². The van der Waals surface area contributed by atoms with E-state index in [0.29, 0.717) is 13.1 Å². The molecule has 4 rings (SSSR count). The Kier molecular flexibility index (Phi) is 3.79. The molecule has 1 N–H and O–H groups in total. The van der Waals surface area contributed by atoms with Gasteiger partial charge in [-0.3, -0.25) is 0 Å². The van der Waals surface area contributed by atoms with Gasteiger partial charge in [0.2, 0.25) is 0 Å². The number of rotatable bonds is 4. The van der Waals surface area contributed by atoms with Crippen molar-refractivity contribution in [1.82, 2.24) is 4.57 Å². The molecule has 24 heavy (non-hydrogen) atoms. The van der Waals surface area contributed by atoms with Gasteiger partial charge < -0.3 is 9.67 Å². The van der Waals surface area contributed by atoms with Crippen molar-refractivity contribution in [2.45, 2.75) is 26.1 Å². The number of benzene rings is 2. The fourth-order valence-corrected chi connectivity index (χ4v) is 3.48. The normalized spacial score (nSPS) is 12.8. The summed E-state index contributed by atoms with van der Waals surface area (Å²) in [5, 5.41) is 13.1. The summed E-state index contributed by atoms with van der Waals surface area (Å²) in [5.74, 6) is 0. The maximum absolute atomic E-state index is 10.6. The third kappa shape index (κ3) is 2.68. The molecule has 0 spiro atoms. The Bertz CT molecular complexity index is 950. The minimum absolute atomic E-state index is 0.448. The first-order valence-electron chi connectivity index (χ1n) is 8.32. The molecule has 4 aromatic rings. The molecular formula is C21H21N2O+. The minimum atomic E-state index is -0.448. The highest BCUT2D eigenvalue weighted by atomic mass is 16.3. The Hall–Kier alpha value is -2.65. The lowest BCUT2D eigenvalue weighted by molar-refractivity contribution is -0.704. The number of nitrogens with zero attached hydrogens (tertiary/aromatic N) is 2. The number of aryl methyl sites for hydroxylation is 1. The molecule has 0 saturated heterocycles. The van der Waals surface area contributed by atoms with Gasteiger partial charge in [0.1, 0.15) is 6.10 Å². The van der Waals surface area contributed by atoms with Gasteiger partial charge >= 0.3 is 0 Å². The molecule has 1 atom stereocenters. The zero-order chi connectivity index (χ0) is 16.5. The third-order valence-corrected chi connectivity index (χ3v) is 4.50. The summed E-state index contributed by atoms with van der Waals surface area (Å²) in [5.41, 5.74) is 3.54. The van der Waals surface area contributed by atoms with Crippen LogP contribution in [0.4, 0.5) is 0 Å². The van der Waals surface area contributed by atoms with Crippen molar-refractivity contribution in [2.75, 3.05) is 0 Å². The summed E-state index contributed by atoms with van der Waals surface area (Å²) in [4.78, 5) is 0. The number of hydrogen-bond acceptors (Lipinski definition) is 1. The average molecular weight is 317 g/mol. The Morgan fingerprint density at radius 3 is 2.17 bits per heavy atom. The van der Waals surface area contributed by atoms with E-state index in [1.807, 2.05) is 16.8 Å². The Morgan fingerprint density at radius 1 is 0.917 bits per heavy atom. The first kappa shape index (κ1) is 14.9. The summed E-state index contributed by atoms with van der Waals surface area (Å²) >= 11 is 0. The van der Waals surface area contributed by atoms with Crippen LogP contribution in [0.3, 0.4) is 0 Å². The van der Waals surface area contributed by atoms with Gasteiger partial charge in [-0.1, -0.05) is 36.4 Å². The van der Waals surface area contributed by atoms with Gasteiger partial charge in [0.05, 0.1) is 6.54 Å². The Labute approximate surface area is 141 Å². The largest absolute Gasteiger partial charge is 0.385 e. The number of aromatic nitrogens is 2. The second-order valence-corrected chi connectivity index (χ2v) is 6.38. The topological polar surface area (TPSA) is 29.0 Å². The van der Waals surface area contributed by atoms with Gasteiger partial charge in [-0.2, -0.15) is 0 Å². The fraction of sp³-hybridized carbons (Fsp3) is 0.190. The molecule has 0 fully saturated rings. The van der Waals surface area contributed by atoms with E-state index in [-0.39, 0.29) is 0 Å². The standard InChI is InChI=1S/C21H21N2O/c1-16-7-6-12-22(13-16)14-17(24)15-23-20-10-4-2-8-18(20)19-9-3-5-11-21(19)23/h2-13,17,24H,14-15H2,1H3/q+1/t17-/m0/s1. The van der Waals surface area contributed by atoms with E-state index in [9.17, 15) is 5.11 Å². The van der Waals surface area contributed by atoms with Crippen molar-refractivity contribution in [3.8, 4) is 0 Å². The lowest BCUT2D eigenvalue weighted by Gasteiger charge is -2.12. The highest BCUT2D eigenvalue weighted by Crippen LogP contribution is 2.28. The van der Waals surface area contributed by atoms with Crippen molar-refractivity contribution in [3.05, 3.63) is 78.6 Å². The maximum Gasteiger partial charge on any atom is 0.175 e. The molecule has 0 bridgehead atoms. The average Bonchev–Trinajstić information content (AvgIpc) is 2.90. The fourth-order valence-electron chi connectivity index (χ4n) is 3.48. The molecule has 3 heteroatoms. The monoisotopic (exact) mass is 317 g/mol. The molecule has 0 aliphatic carbocycles. The van der Waals surface area contributed by atoms with E-state index in [1.165, 1.54) is 27.4 Å². The molecular weight excluding hydrogens is 296 g/mol. The Balaban J connectivity index is 1.70. The zero-order valence-corrected chi connectivity index (χ0v) is 13.8. The minimum Gasteiger partial charge on any atom is -0.385 e. The highest BCUT2D eigenvalue weighted by molar-refractivity contribution is 6.07. The molecule has 120 valence electrons. The van der Waals surface area contributed by atoms with E-state index in [1.54, 1.807) is 0 Å². The molecule has 2 heterocycles. The van der Waals surface area contributed by atoms with E-state index in [0.717, 1.165) is 0 Å². The summed E-state index contributed by atoms with van der Waals surface area (Å²) in [7, 11) is 0. The molecule has 0 unspecified atom stereocenters. The number of aliphatic hydroxyl groups excluding tert-OH is 1. The predicted octanol–water partition coefficient (Wildman–Crippen LogP) is 3.45. The molecule has 2 aromatic carbocycles. The third-order valence-electron chi connectivity index (χ3n) is 4.50. The van der Waals surface area contributed by atoms with Crippen molar-refractivity contribution in [3.63, 3.8) is 0 Å². The van der Waals surface area contributed by atoms with Crippen LogP contribution in [0.25, 0.3) is 21.8 Å². The van der Waals surface area contributed by atoms with Crippen LogP contribution >= 0.6 is 0 Å². The second-order valence-electron chi connectivity index (χ2n) is 6.38. The van der Waals surface area contributed by atoms with Crippen LogP contribution in [0.15, 0.2) is 73.1 Å². The molecule has 0 amide bonds. The molecule has 0 aliphatic rings. The summed E-state index contributed by atoms with van der Waals surface area (Å²) in [6.07, 6.45) is 3.62. The van der Waals surface area contributed by atoms with Crippen LogP contribution in [0, 0.1) is 6.92 Å². The predicted molar refractivity (Wildman–Crippen MR) is 96.8 cm³/mol. The van der Waals surface area contributed by atoms with E-state index < -0.39 is 6.10 Å². The molecule has 2 aromatic heterocycles. The van der Waals surface area contributed by atoms with Crippen molar-refractivity contribution < 1.29 is 9.67 Å². The molecule has 0 saturated carbocycles. The van der Waals surface area contributed by atoms with E-state index in [4.69, 9.17) is 0 Å². The number of aliphatic hydroxyl groups is 1. The maximum atomic E-state index is 10.6. The van der Waals surface area contributed by atoms with Gasteiger partial charge in [-0.05, 0) is 25.1 Å². The van der Waals surface area contributed by atoms with Crippen molar-refractivity contribution in [1.29, 1.82) is 0 Å². The first-order valence-corrected chi connectivity index (χ1v) is 8.32. The SMILES string of the molecule is Cc1ccc[n+](C[C@H](O)Cn2c3ccccc3c3ccccc32)c1. The number of fused-ring (bicyclic) bond motifs is 3. The quantitative estimate of drug-likeness (QED) is 0.574. The zero-order valence-electron chi connectivity index (χ0n) is 13.8. The van der Waals surface area contributed by atoms with Crippen LogP contribution in [0.2, 0.25) is 0 Å². The van der Waals surface area contributed by atoms with Gasteiger partial charge in [0.15, 0.2) is 18.9 Å². The van der Waals surface area contributed by atoms with Crippen molar-refractivity contribution >= 4 is 21.8 Å². The Morgan fingerprint density at radius 2 is 1.54 bits per heavy atom. The van der Waals surface area contributed by atoms with Crippen LogP contribution in [0.1, 0.15) is 5.56 Å². The van der Waals surface area contributed by atoms with E-state index >= 15 is 0 Å². The summed E-state index contributed by atoms with van der Waals surface area (Å²) < 4.78 is 4.28. The van der Waals surface area contributed by atoms with Gasteiger partial charge in [-0.25, -0.2) is 4.57 Å². The lowest BCUT2D eigenvalue weighted by atomic mass is 10.2. The summed E-state index contributed by atoms with van der Waals surface area (Å²) in [6, 6.07) is 20.9. The van der Waals surface area contributed by atoms with Gasteiger partial charge in [0.25, 0.3) is 0 Å². The van der Waals surface area contributed by atoms with Crippen LogP contribution < -0.4 is 4.57 Å². The van der Waals surface area contributed by atoms with Crippen LogP contribution in [0.5, 0.6) is 0 Å². The summed E-state index contributed by atoms with van der Waals surface area (Å²) in [6.45, 7) is 3.23. The highest BCUT2D eigenvalue weighted by Gasteiger charge is 2.16. The molecule has 0 aliphatic heterocycles. The smallest absolute Gasteiger partial charge is 0.175 e. The second kappa shape index (κ2) is 6.10. The van der Waals surface area contributed by atoms with Gasteiger partial charge in [0, 0.05) is 33.4 Å². The molecule has 0 radical (unpaired) electrons. The van der Waals surface area contributed by atoms with Crippen molar-refractivity contribution in [2.24, 2.45) is 0 Å². The molecule has 3 nitrogen and oxygen atoms in total. The van der Waals surface area contributed by atoms with Crippen LogP contribution in [-0.2, 0) is 13.1 Å². The number of pyridine rings is 1. The van der Waals surface area contributed by atoms with Gasteiger partial charge in [-0.15, -0.1) is 0 Å². The van der Waals surface area contributed by atoms with Crippen LogP contribution in [-0.4, -0.2) is 15.8 Å². The first-order chi connectivity index (χ1) is 11.7.